The first kappa shape index (κ1) is 29.8. The second-order valence-electron chi connectivity index (χ2n) is 9.96. The molecular formula is C27H30O15. The molecule has 0 radical (unpaired) electrons. The van der Waals surface area contributed by atoms with Crippen molar-refractivity contribution in [3.05, 3.63) is 40.6 Å². The maximum Gasteiger partial charge on any atom is 0.239 e. The van der Waals surface area contributed by atoms with Gasteiger partial charge < -0.3 is 69.0 Å². The van der Waals surface area contributed by atoms with Crippen LogP contribution in [-0.2, 0) is 9.47 Å². The summed E-state index contributed by atoms with van der Waals surface area (Å²) in [5, 5.41) is 81.1. The lowest BCUT2D eigenvalue weighted by Crippen LogP contribution is -2.58. The van der Waals surface area contributed by atoms with Gasteiger partial charge in [-0.15, -0.1) is 0 Å². The average molecular weight is 595 g/mol. The molecule has 2 saturated heterocycles. The van der Waals surface area contributed by atoms with Crippen molar-refractivity contribution in [2.45, 2.75) is 62.2 Å². The highest BCUT2D eigenvalue weighted by atomic mass is 16.7. The molecule has 0 unspecified atom stereocenters. The molecule has 15 heteroatoms. The second kappa shape index (κ2) is 11.5. The monoisotopic (exact) mass is 594 g/mol. The Morgan fingerprint density at radius 3 is 2.26 bits per heavy atom. The maximum absolute atomic E-state index is 13.7. The Kier molecular flexibility index (Phi) is 8.19. The molecule has 2 aliphatic rings. The van der Waals surface area contributed by atoms with Gasteiger partial charge in [0.2, 0.25) is 23.8 Å². The molecule has 1 aromatic heterocycles. The van der Waals surface area contributed by atoms with Crippen molar-refractivity contribution >= 4 is 11.0 Å². The SMILES string of the molecule is COc1cc(-c2oc3cc(O[C@@H]4O[C@@H](C)[C@H](O)[C@@H](O)[C@H]4O)cc(O)c3c(=O)c2O[C@@H]2OC[C@@H](O)[C@H](O)[C@H]2O)ccc1O. The van der Waals surface area contributed by atoms with Crippen molar-refractivity contribution in [1.82, 2.24) is 0 Å². The van der Waals surface area contributed by atoms with Gasteiger partial charge in [-0.05, 0) is 25.1 Å². The van der Waals surface area contributed by atoms with Gasteiger partial charge in [0.05, 0.1) is 19.8 Å². The first-order chi connectivity index (χ1) is 19.9. The largest absolute Gasteiger partial charge is 0.507 e. The summed E-state index contributed by atoms with van der Waals surface area (Å²) < 4.78 is 33.1. The lowest BCUT2D eigenvalue weighted by Gasteiger charge is -2.38. The van der Waals surface area contributed by atoms with Gasteiger partial charge in [-0.3, -0.25) is 4.79 Å². The molecule has 2 fully saturated rings. The van der Waals surface area contributed by atoms with Gasteiger partial charge in [-0.2, -0.15) is 0 Å². The minimum atomic E-state index is -1.77. The van der Waals surface area contributed by atoms with Crippen molar-refractivity contribution in [3.63, 3.8) is 0 Å². The van der Waals surface area contributed by atoms with Crippen LogP contribution in [0.15, 0.2) is 39.5 Å². The van der Waals surface area contributed by atoms with Crippen molar-refractivity contribution in [3.8, 4) is 40.1 Å². The summed E-state index contributed by atoms with van der Waals surface area (Å²) in [7, 11) is 1.30. The summed E-state index contributed by atoms with van der Waals surface area (Å²) in [5.41, 5.74) is -1.02. The zero-order valence-corrected chi connectivity index (χ0v) is 22.2. The molecule has 5 rings (SSSR count). The average Bonchev–Trinajstić information content (AvgIpc) is 2.96. The van der Waals surface area contributed by atoms with Crippen LogP contribution in [0.25, 0.3) is 22.3 Å². The summed E-state index contributed by atoms with van der Waals surface area (Å²) >= 11 is 0. The number of ether oxygens (including phenoxy) is 5. The third-order valence-electron chi connectivity index (χ3n) is 7.10. The first-order valence-corrected chi connectivity index (χ1v) is 12.8. The predicted molar refractivity (Wildman–Crippen MR) is 139 cm³/mol. The fraction of sp³-hybridized carbons (Fsp3) is 0.444. The Morgan fingerprint density at radius 2 is 1.55 bits per heavy atom. The third-order valence-corrected chi connectivity index (χ3v) is 7.10. The van der Waals surface area contributed by atoms with E-state index in [9.17, 15) is 45.6 Å². The highest BCUT2D eigenvalue weighted by molar-refractivity contribution is 5.88. The van der Waals surface area contributed by atoms with E-state index in [1.165, 1.54) is 38.3 Å². The Morgan fingerprint density at radius 1 is 0.833 bits per heavy atom. The van der Waals surface area contributed by atoms with Crippen LogP contribution < -0.4 is 19.6 Å². The molecule has 0 spiro atoms. The number of benzene rings is 2. The maximum atomic E-state index is 13.7. The highest BCUT2D eigenvalue weighted by Crippen LogP contribution is 2.40. The molecule has 0 saturated carbocycles. The Bertz CT molecular complexity index is 1510. The van der Waals surface area contributed by atoms with Crippen molar-refractivity contribution < 1.29 is 69.0 Å². The van der Waals surface area contributed by atoms with E-state index in [-0.39, 0.29) is 39.5 Å². The minimum Gasteiger partial charge on any atom is -0.507 e. The third kappa shape index (κ3) is 5.32. The quantitative estimate of drug-likeness (QED) is 0.169. The number of hydrogen-bond donors (Lipinski definition) is 8. The standard InChI is InChI=1S/C27H30O15/c1-9-18(31)21(34)23(36)27(39-9)40-11-6-13(29)17-16(7-11)41-24(10-3-4-12(28)15(5-10)37-2)25(20(17)33)42-26-22(35)19(32)14(30)8-38-26/h3-7,9,14,18-19,21-23,26-32,34-36H,8H2,1-2H3/t9-,14+,18-,19-,21+,22+,23+,26-,27-/m0/s1. The van der Waals surface area contributed by atoms with Crippen LogP contribution in [0.4, 0.5) is 0 Å². The van der Waals surface area contributed by atoms with Gasteiger partial charge >= 0.3 is 0 Å². The van der Waals surface area contributed by atoms with Gasteiger partial charge in [-0.1, -0.05) is 0 Å². The van der Waals surface area contributed by atoms with E-state index in [1.54, 1.807) is 0 Å². The lowest BCUT2D eigenvalue weighted by molar-refractivity contribution is -0.268. The number of aliphatic hydroxyl groups is 6. The van der Waals surface area contributed by atoms with Crippen LogP contribution in [0.3, 0.4) is 0 Å². The van der Waals surface area contributed by atoms with E-state index in [0.717, 1.165) is 6.07 Å². The minimum absolute atomic E-state index is 0.00641. The summed E-state index contributed by atoms with van der Waals surface area (Å²) in [6, 6.07) is 6.17. The molecule has 2 aliphatic heterocycles. The van der Waals surface area contributed by atoms with Crippen LogP contribution in [-0.4, -0.2) is 110 Å². The fourth-order valence-electron chi connectivity index (χ4n) is 4.69. The second-order valence-corrected chi connectivity index (χ2v) is 9.96. The number of phenolic OH excluding ortho intramolecular Hbond substituents is 2. The Hall–Kier alpha value is -3.67. The van der Waals surface area contributed by atoms with E-state index < -0.39 is 78.8 Å². The molecule has 3 heterocycles. The Balaban J connectivity index is 1.61. The van der Waals surface area contributed by atoms with Crippen LogP contribution in [0.1, 0.15) is 6.92 Å². The van der Waals surface area contributed by atoms with E-state index in [2.05, 4.69) is 0 Å². The number of methoxy groups -OCH3 is 1. The van der Waals surface area contributed by atoms with Gasteiger partial charge in [-0.25, -0.2) is 0 Å². The fourth-order valence-corrected chi connectivity index (χ4v) is 4.69. The molecule has 0 aliphatic carbocycles. The van der Waals surface area contributed by atoms with Crippen LogP contribution in [0.5, 0.6) is 28.7 Å². The summed E-state index contributed by atoms with van der Waals surface area (Å²) in [5.74, 6) is -1.82. The summed E-state index contributed by atoms with van der Waals surface area (Å²) in [6.07, 6.45) is -13.4. The van der Waals surface area contributed by atoms with Crippen molar-refractivity contribution in [2.75, 3.05) is 13.7 Å². The van der Waals surface area contributed by atoms with Gasteiger partial charge in [0.1, 0.15) is 59.1 Å². The van der Waals surface area contributed by atoms with E-state index in [4.69, 9.17) is 28.1 Å². The molecule has 42 heavy (non-hydrogen) atoms. The number of aromatic hydroxyl groups is 2. The van der Waals surface area contributed by atoms with Gasteiger partial charge in [0, 0.05) is 17.7 Å². The molecule has 228 valence electrons. The zero-order chi connectivity index (χ0) is 30.5. The van der Waals surface area contributed by atoms with Crippen molar-refractivity contribution in [2.24, 2.45) is 0 Å². The normalized spacial score (nSPS) is 31.6. The lowest BCUT2D eigenvalue weighted by atomic mass is 10.00. The number of aliphatic hydroxyl groups excluding tert-OH is 6. The molecule has 0 amide bonds. The first-order valence-electron chi connectivity index (χ1n) is 12.8. The van der Waals surface area contributed by atoms with Crippen molar-refractivity contribution in [1.29, 1.82) is 0 Å². The zero-order valence-electron chi connectivity index (χ0n) is 22.2. The number of phenols is 2. The number of rotatable bonds is 6. The topological polar surface area (TPSA) is 238 Å². The summed E-state index contributed by atoms with van der Waals surface area (Å²) in [4.78, 5) is 13.7. The molecular weight excluding hydrogens is 564 g/mol. The van der Waals surface area contributed by atoms with E-state index in [1.807, 2.05) is 0 Å². The molecule has 8 N–H and O–H groups in total. The highest BCUT2D eigenvalue weighted by Gasteiger charge is 2.43. The summed E-state index contributed by atoms with van der Waals surface area (Å²) in [6.45, 7) is 1.04. The van der Waals surface area contributed by atoms with Crippen LogP contribution >= 0.6 is 0 Å². The molecule has 9 atom stereocenters. The van der Waals surface area contributed by atoms with Gasteiger partial charge in [0.15, 0.2) is 17.3 Å². The Labute approximate surface area is 236 Å². The molecule has 3 aromatic rings. The van der Waals surface area contributed by atoms with Gasteiger partial charge in [0.25, 0.3) is 0 Å². The number of hydrogen-bond acceptors (Lipinski definition) is 15. The van der Waals surface area contributed by atoms with Crippen LogP contribution in [0.2, 0.25) is 0 Å². The predicted octanol–water partition coefficient (Wildman–Crippen LogP) is -1.10. The molecule has 2 aromatic carbocycles. The van der Waals surface area contributed by atoms with E-state index >= 15 is 0 Å². The molecule has 15 nitrogen and oxygen atoms in total. The van der Waals surface area contributed by atoms with Crippen LogP contribution in [0, 0.1) is 0 Å². The van der Waals surface area contributed by atoms with E-state index in [0.29, 0.717) is 0 Å². The molecule has 0 bridgehead atoms. The number of fused-ring (bicyclic) bond motifs is 1. The smallest absolute Gasteiger partial charge is 0.239 e.